The standard InChI is InChI=1S/C12H11N3O4S/c13-11-6-3-9(7-12(11)20(17,18)19)15-14-8-1-4-10(16)5-2-8/h1-7,16H,13H2,(H,17,18,19). The number of rotatable bonds is 3. The van der Waals surface area contributed by atoms with Gasteiger partial charge in [-0.2, -0.15) is 18.6 Å². The van der Waals surface area contributed by atoms with E-state index in [1.54, 1.807) is 12.1 Å². The lowest BCUT2D eigenvalue weighted by Gasteiger charge is -2.02. The summed E-state index contributed by atoms with van der Waals surface area (Å²) >= 11 is 0. The Morgan fingerprint density at radius 2 is 1.50 bits per heavy atom. The topological polar surface area (TPSA) is 125 Å². The second-order valence-corrected chi connectivity index (χ2v) is 5.30. The number of benzene rings is 2. The molecular formula is C12H11N3O4S. The average molecular weight is 293 g/mol. The summed E-state index contributed by atoms with van der Waals surface area (Å²) in [6.07, 6.45) is 0. The second-order valence-electron chi connectivity index (χ2n) is 3.91. The molecule has 2 rings (SSSR count). The molecule has 0 bridgehead atoms. The van der Waals surface area contributed by atoms with Crippen LogP contribution in [0.2, 0.25) is 0 Å². The van der Waals surface area contributed by atoms with Gasteiger partial charge in [-0.3, -0.25) is 4.55 Å². The number of anilines is 1. The summed E-state index contributed by atoms with van der Waals surface area (Å²) in [4.78, 5) is -0.417. The van der Waals surface area contributed by atoms with Crippen LogP contribution in [-0.4, -0.2) is 18.1 Å². The highest BCUT2D eigenvalue weighted by atomic mass is 32.2. The van der Waals surface area contributed by atoms with Crippen LogP contribution in [0.25, 0.3) is 0 Å². The van der Waals surface area contributed by atoms with E-state index in [9.17, 15) is 8.42 Å². The fourth-order valence-corrected chi connectivity index (χ4v) is 2.08. The van der Waals surface area contributed by atoms with Crippen molar-refractivity contribution in [2.24, 2.45) is 10.2 Å². The van der Waals surface area contributed by atoms with Gasteiger partial charge in [-0.15, -0.1) is 0 Å². The molecule has 0 amide bonds. The van der Waals surface area contributed by atoms with Crippen LogP contribution in [0.3, 0.4) is 0 Å². The molecular weight excluding hydrogens is 282 g/mol. The van der Waals surface area contributed by atoms with Crippen LogP contribution in [0.1, 0.15) is 0 Å². The highest BCUT2D eigenvalue weighted by Crippen LogP contribution is 2.26. The number of aromatic hydroxyl groups is 1. The minimum atomic E-state index is -4.40. The van der Waals surface area contributed by atoms with E-state index in [0.717, 1.165) is 6.07 Å². The number of phenols is 1. The summed E-state index contributed by atoms with van der Waals surface area (Å²) in [5.41, 5.74) is 6.09. The second kappa shape index (κ2) is 5.27. The van der Waals surface area contributed by atoms with Gasteiger partial charge in [0.2, 0.25) is 0 Å². The monoisotopic (exact) mass is 293 g/mol. The third-order valence-electron chi connectivity index (χ3n) is 2.41. The summed E-state index contributed by atoms with van der Waals surface area (Å²) in [5, 5.41) is 16.8. The van der Waals surface area contributed by atoms with Crippen molar-refractivity contribution in [1.82, 2.24) is 0 Å². The quantitative estimate of drug-likeness (QED) is 0.455. The predicted molar refractivity (Wildman–Crippen MR) is 73.0 cm³/mol. The van der Waals surface area contributed by atoms with Gasteiger partial charge in [0.05, 0.1) is 17.1 Å². The molecule has 0 heterocycles. The van der Waals surface area contributed by atoms with Gasteiger partial charge in [0.1, 0.15) is 10.6 Å². The van der Waals surface area contributed by atoms with Crippen molar-refractivity contribution in [2.75, 3.05) is 5.73 Å². The van der Waals surface area contributed by atoms with E-state index in [2.05, 4.69) is 10.2 Å². The number of nitrogen functional groups attached to an aromatic ring is 1. The maximum absolute atomic E-state index is 11.1. The van der Waals surface area contributed by atoms with Gasteiger partial charge in [-0.25, -0.2) is 0 Å². The summed E-state index contributed by atoms with van der Waals surface area (Å²) in [7, 11) is -4.40. The first kappa shape index (κ1) is 14.0. The fourth-order valence-electron chi connectivity index (χ4n) is 1.44. The smallest absolute Gasteiger partial charge is 0.296 e. The van der Waals surface area contributed by atoms with Crippen molar-refractivity contribution < 1.29 is 18.1 Å². The SMILES string of the molecule is Nc1ccc(N=Nc2ccc(O)cc2)cc1S(=O)(=O)O. The zero-order valence-corrected chi connectivity index (χ0v) is 10.9. The van der Waals surface area contributed by atoms with Gasteiger partial charge in [-0.05, 0) is 42.5 Å². The Hall–Kier alpha value is -2.45. The van der Waals surface area contributed by atoms with Crippen molar-refractivity contribution in [3.05, 3.63) is 42.5 Å². The first-order valence-electron chi connectivity index (χ1n) is 5.44. The van der Waals surface area contributed by atoms with Crippen molar-refractivity contribution in [3.8, 4) is 5.75 Å². The zero-order valence-electron chi connectivity index (χ0n) is 10.1. The summed E-state index contributed by atoms with van der Waals surface area (Å²) in [5.74, 6) is 0.102. The highest BCUT2D eigenvalue weighted by molar-refractivity contribution is 7.86. The Labute approximate surface area is 115 Å². The van der Waals surface area contributed by atoms with Crippen LogP contribution < -0.4 is 5.73 Å². The van der Waals surface area contributed by atoms with Crippen LogP contribution in [0, 0.1) is 0 Å². The van der Waals surface area contributed by atoms with E-state index in [1.165, 1.54) is 24.3 Å². The van der Waals surface area contributed by atoms with E-state index >= 15 is 0 Å². The Balaban J connectivity index is 2.33. The number of azo groups is 1. The first-order chi connectivity index (χ1) is 9.36. The van der Waals surface area contributed by atoms with Gasteiger partial charge in [0, 0.05) is 0 Å². The predicted octanol–water partition coefficient (Wildman–Crippen LogP) is 2.64. The van der Waals surface area contributed by atoms with Crippen LogP contribution >= 0.6 is 0 Å². The molecule has 0 saturated carbocycles. The molecule has 0 aliphatic rings. The van der Waals surface area contributed by atoms with E-state index in [0.29, 0.717) is 5.69 Å². The highest BCUT2D eigenvalue weighted by Gasteiger charge is 2.14. The minimum absolute atomic E-state index is 0.0731. The Bertz CT molecular complexity index is 755. The summed E-state index contributed by atoms with van der Waals surface area (Å²) in [6, 6.07) is 9.87. The van der Waals surface area contributed by atoms with Crippen LogP contribution in [0.5, 0.6) is 5.75 Å². The van der Waals surface area contributed by atoms with Crippen LogP contribution in [0.15, 0.2) is 57.6 Å². The molecule has 0 saturated heterocycles. The van der Waals surface area contributed by atoms with E-state index in [-0.39, 0.29) is 17.1 Å². The summed E-state index contributed by atoms with van der Waals surface area (Å²) in [6.45, 7) is 0. The van der Waals surface area contributed by atoms with Crippen molar-refractivity contribution in [1.29, 1.82) is 0 Å². The van der Waals surface area contributed by atoms with Crippen molar-refractivity contribution in [2.45, 2.75) is 4.90 Å². The maximum Gasteiger partial charge on any atom is 0.296 e. The molecule has 0 fully saturated rings. The first-order valence-corrected chi connectivity index (χ1v) is 6.88. The molecule has 0 aliphatic heterocycles. The molecule has 0 spiro atoms. The number of hydrogen-bond donors (Lipinski definition) is 3. The normalized spacial score (nSPS) is 11.8. The lowest BCUT2D eigenvalue weighted by atomic mass is 10.3. The molecule has 0 atom stereocenters. The molecule has 4 N–H and O–H groups in total. The number of nitrogens with two attached hydrogens (primary N) is 1. The van der Waals surface area contributed by atoms with E-state index in [4.69, 9.17) is 15.4 Å². The Morgan fingerprint density at radius 3 is 2.10 bits per heavy atom. The molecule has 0 aromatic heterocycles. The molecule has 2 aromatic carbocycles. The number of phenolic OH excluding ortho intramolecular Hbond substituents is 1. The fraction of sp³-hybridized carbons (Fsp3) is 0. The molecule has 0 unspecified atom stereocenters. The molecule has 2 aromatic rings. The van der Waals surface area contributed by atoms with E-state index < -0.39 is 15.0 Å². The molecule has 20 heavy (non-hydrogen) atoms. The number of nitrogens with zero attached hydrogens (tertiary/aromatic N) is 2. The molecule has 7 nitrogen and oxygen atoms in total. The Kier molecular flexibility index (Phi) is 3.68. The molecule has 0 radical (unpaired) electrons. The van der Waals surface area contributed by atoms with E-state index in [1.807, 2.05) is 0 Å². The van der Waals surface area contributed by atoms with Gasteiger partial charge in [0.15, 0.2) is 0 Å². The van der Waals surface area contributed by atoms with Gasteiger partial charge in [-0.1, -0.05) is 0 Å². The lowest BCUT2D eigenvalue weighted by Crippen LogP contribution is -2.02. The minimum Gasteiger partial charge on any atom is -0.508 e. The third-order valence-corrected chi connectivity index (χ3v) is 3.32. The Morgan fingerprint density at radius 1 is 0.950 bits per heavy atom. The number of hydrogen-bond acceptors (Lipinski definition) is 6. The van der Waals surface area contributed by atoms with Crippen molar-refractivity contribution in [3.63, 3.8) is 0 Å². The van der Waals surface area contributed by atoms with Gasteiger partial charge < -0.3 is 10.8 Å². The van der Waals surface area contributed by atoms with Crippen LogP contribution in [0.4, 0.5) is 17.1 Å². The lowest BCUT2D eigenvalue weighted by molar-refractivity contribution is 0.475. The third kappa shape index (κ3) is 3.31. The van der Waals surface area contributed by atoms with Gasteiger partial charge in [0.25, 0.3) is 10.1 Å². The molecule has 0 aliphatic carbocycles. The van der Waals surface area contributed by atoms with Crippen molar-refractivity contribution >= 4 is 27.2 Å². The molecule has 8 heteroatoms. The van der Waals surface area contributed by atoms with Crippen LogP contribution in [-0.2, 0) is 10.1 Å². The maximum atomic E-state index is 11.1. The largest absolute Gasteiger partial charge is 0.508 e. The summed E-state index contributed by atoms with van der Waals surface area (Å²) < 4.78 is 31.2. The average Bonchev–Trinajstić information content (AvgIpc) is 2.38. The molecule has 104 valence electrons. The van der Waals surface area contributed by atoms with Gasteiger partial charge >= 0.3 is 0 Å². The zero-order chi connectivity index (χ0) is 14.8.